The molecule has 4 nitrogen and oxygen atoms in total. The molecular weight excluding hydrogens is 262 g/mol. The standard InChI is InChI=1S/C10H8BrNO3/c1-2-15-10(14)7-3-6(11)4-9(13)8(7)5-12/h3-4,13H,2H2,1H3. The Morgan fingerprint density at radius 3 is 2.87 bits per heavy atom. The van der Waals surface area contributed by atoms with E-state index < -0.39 is 5.97 Å². The monoisotopic (exact) mass is 269 g/mol. The van der Waals surface area contributed by atoms with Crippen LogP contribution in [-0.2, 0) is 4.74 Å². The van der Waals surface area contributed by atoms with Crippen molar-refractivity contribution < 1.29 is 14.6 Å². The molecule has 1 aromatic rings. The van der Waals surface area contributed by atoms with Gasteiger partial charge in [0.2, 0.25) is 0 Å². The van der Waals surface area contributed by atoms with Gasteiger partial charge in [-0.05, 0) is 19.1 Å². The molecule has 0 aliphatic heterocycles. The number of nitrogens with zero attached hydrogens (tertiary/aromatic N) is 1. The van der Waals surface area contributed by atoms with Crippen molar-refractivity contribution in [2.45, 2.75) is 6.92 Å². The van der Waals surface area contributed by atoms with Gasteiger partial charge in [0, 0.05) is 4.47 Å². The minimum Gasteiger partial charge on any atom is -0.507 e. The number of carbonyl (C=O) groups is 1. The van der Waals surface area contributed by atoms with E-state index in [0.29, 0.717) is 4.47 Å². The first-order valence-corrected chi connectivity index (χ1v) is 4.99. The Bertz CT molecular complexity index is 437. The maximum Gasteiger partial charge on any atom is 0.339 e. The summed E-state index contributed by atoms with van der Waals surface area (Å²) < 4.78 is 5.27. The molecule has 0 aromatic heterocycles. The van der Waals surface area contributed by atoms with E-state index in [1.54, 1.807) is 13.0 Å². The Morgan fingerprint density at radius 2 is 2.33 bits per heavy atom. The molecule has 0 bridgehead atoms. The third kappa shape index (κ3) is 2.48. The number of benzene rings is 1. The van der Waals surface area contributed by atoms with Gasteiger partial charge in [-0.15, -0.1) is 0 Å². The summed E-state index contributed by atoms with van der Waals surface area (Å²) in [5.74, 6) is -0.861. The van der Waals surface area contributed by atoms with Crippen LogP contribution in [0.5, 0.6) is 5.75 Å². The molecule has 1 N–H and O–H groups in total. The molecule has 5 heteroatoms. The summed E-state index contributed by atoms with van der Waals surface area (Å²) in [5.41, 5.74) is -0.0112. The summed E-state index contributed by atoms with van der Waals surface area (Å²) in [4.78, 5) is 11.4. The second kappa shape index (κ2) is 4.80. The molecule has 0 spiro atoms. The van der Waals surface area contributed by atoms with Gasteiger partial charge in [0.25, 0.3) is 0 Å². The molecule has 0 saturated carbocycles. The molecule has 0 heterocycles. The number of rotatable bonds is 2. The number of halogens is 1. The van der Waals surface area contributed by atoms with E-state index in [2.05, 4.69) is 15.9 Å². The van der Waals surface area contributed by atoms with Crippen molar-refractivity contribution in [3.8, 4) is 11.8 Å². The number of phenolic OH excluding ortho intramolecular Hbond substituents is 1. The van der Waals surface area contributed by atoms with Crippen LogP contribution in [0, 0.1) is 11.3 Å². The SMILES string of the molecule is CCOC(=O)c1cc(Br)cc(O)c1C#N. The molecule has 0 aliphatic carbocycles. The van der Waals surface area contributed by atoms with Crippen molar-refractivity contribution in [1.29, 1.82) is 5.26 Å². The van der Waals surface area contributed by atoms with Gasteiger partial charge in [-0.3, -0.25) is 0 Å². The van der Waals surface area contributed by atoms with Gasteiger partial charge < -0.3 is 9.84 Å². The van der Waals surface area contributed by atoms with E-state index in [4.69, 9.17) is 10.00 Å². The predicted octanol–water partition coefficient (Wildman–Crippen LogP) is 2.20. The lowest BCUT2D eigenvalue weighted by Crippen LogP contribution is -2.07. The zero-order valence-electron chi connectivity index (χ0n) is 7.95. The number of esters is 1. The van der Waals surface area contributed by atoms with Crippen molar-refractivity contribution in [2.24, 2.45) is 0 Å². The van der Waals surface area contributed by atoms with Gasteiger partial charge in [-0.2, -0.15) is 5.26 Å². The lowest BCUT2D eigenvalue weighted by molar-refractivity contribution is 0.0525. The summed E-state index contributed by atoms with van der Waals surface area (Å²) in [5, 5.41) is 18.2. The maximum absolute atomic E-state index is 11.4. The van der Waals surface area contributed by atoms with Gasteiger partial charge in [0.05, 0.1) is 12.2 Å². The number of aromatic hydroxyl groups is 1. The molecule has 0 atom stereocenters. The summed E-state index contributed by atoms with van der Waals surface area (Å²) in [6, 6.07) is 4.55. The van der Waals surface area contributed by atoms with Crippen LogP contribution in [0.4, 0.5) is 0 Å². The zero-order valence-corrected chi connectivity index (χ0v) is 9.54. The highest BCUT2D eigenvalue weighted by molar-refractivity contribution is 9.10. The molecule has 1 aromatic carbocycles. The minimum atomic E-state index is -0.620. The molecule has 1 rings (SSSR count). The normalized spacial score (nSPS) is 9.40. The fraction of sp³-hybridized carbons (Fsp3) is 0.200. The predicted molar refractivity (Wildman–Crippen MR) is 56.5 cm³/mol. The van der Waals surface area contributed by atoms with Crippen LogP contribution >= 0.6 is 15.9 Å². The Morgan fingerprint density at radius 1 is 1.67 bits per heavy atom. The molecule has 78 valence electrons. The Labute approximate surface area is 95.2 Å². The fourth-order valence-electron chi connectivity index (χ4n) is 1.08. The van der Waals surface area contributed by atoms with Gasteiger partial charge in [0.15, 0.2) is 0 Å². The topological polar surface area (TPSA) is 70.3 Å². The van der Waals surface area contributed by atoms with Crippen LogP contribution in [0.3, 0.4) is 0 Å². The van der Waals surface area contributed by atoms with Crippen molar-refractivity contribution in [3.05, 3.63) is 27.7 Å². The summed E-state index contributed by atoms with van der Waals surface area (Å²) >= 11 is 3.12. The molecule has 0 unspecified atom stereocenters. The lowest BCUT2D eigenvalue weighted by Gasteiger charge is -2.05. The highest BCUT2D eigenvalue weighted by Gasteiger charge is 2.16. The van der Waals surface area contributed by atoms with E-state index in [9.17, 15) is 9.90 Å². The Balaban J connectivity index is 3.28. The largest absolute Gasteiger partial charge is 0.507 e. The van der Waals surface area contributed by atoms with Crippen LogP contribution in [-0.4, -0.2) is 17.7 Å². The van der Waals surface area contributed by atoms with E-state index in [1.165, 1.54) is 12.1 Å². The number of carbonyl (C=O) groups excluding carboxylic acids is 1. The van der Waals surface area contributed by atoms with Crippen molar-refractivity contribution >= 4 is 21.9 Å². The third-order valence-corrected chi connectivity index (χ3v) is 2.15. The number of nitriles is 1. The quantitative estimate of drug-likeness (QED) is 0.836. The highest BCUT2D eigenvalue weighted by Crippen LogP contribution is 2.26. The second-order valence-electron chi connectivity index (χ2n) is 2.68. The fourth-order valence-corrected chi connectivity index (χ4v) is 1.53. The molecule has 0 amide bonds. The first-order valence-electron chi connectivity index (χ1n) is 4.19. The average Bonchev–Trinajstić information content (AvgIpc) is 2.17. The zero-order chi connectivity index (χ0) is 11.4. The molecular formula is C10H8BrNO3. The summed E-state index contributed by atoms with van der Waals surface area (Å²) in [7, 11) is 0. The maximum atomic E-state index is 11.4. The average molecular weight is 270 g/mol. The van der Waals surface area contributed by atoms with E-state index in [1.807, 2.05) is 0 Å². The minimum absolute atomic E-state index is 0.0613. The molecule has 0 saturated heterocycles. The van der Waals surface area contributed by atoms with Crippen molar-refractivity contribution in [1.82, 2.24) is 0 Å². The highest BCUT2D eigenvalue weighted by atomic mass is 79.9. The number of hydrogen-bond donors (Lipinski definition) is 1. The van der Waals surface area contributed by atoms with Crippen LogP contribution < -0.4 is 0 Å². The van der Waals surface area contributed by atoms with E-state index in [0.717, 1.165) is 0 Å². The molecule has 15 heavy (non-hydrogen) atoms. The van der Waals surface area contributed by atoms with Crippen LogP contribution in [0.1, 0.15) is 22.8 Å². The van der Waals surface area contributed by atoms with Crippen LogP contribution in [0.15, 0.2) is 16.6 Å². The van der Waals surface area contributed by atoms with Crippen molar-refractivity contribution in [2.75, 3.05) is 6.61 Å². The van der Waals surface area contributed by atoms with Gasteiger partial charge in [-0.25, -0.2) is 4.79 Å². The number of ether oxygens (including phenoxy) is 1. The van der Waals surface area contributed by atoms with Gasteiger partial charge >= 0.3 is 5.97 Å². The van der Waals surface area contributed by atoms with E-state index >= 15 is 0 Å². The third-order valence-electron chi connectivity index (χ3n) is 1.69. The summed E-state index contributed by atoms with van der Waals surface area (Å²) in [6.45, 7) is 1.89. The van der Waals surface area contributed by atoms with E-state index in [-0.39, 0.29) is 23.5 Å². The molecule has 0 radical (unpaired) electrons. The first-order chi connectivity index (χ1) is 7.10. The van der Waals surface area contributed by atoms with Crippen LogP contribution in [0.2, 0.25) is 0 Å². The molecule has 0 fully saturated rings. The summed E-state index contributed by atoms with van der Waals surface area (Å²) in [6.07, 6.45) is 0. The first kappa shape index (κ1) is 11.5. The van der Waals surface area contributed by atoms with Gasteiger partial charge in [-0.1, -0.05) is 15.9 Å². The van der Waals surface area contributed by atoms with Crippen molar-refractivity contribution in [3.63, 3.8) is 0 Å². The Hall–Kier alpha value is -1.54. The smallest absolute Gasteiger partial charge is 0.339 e. The van der Waals surface area contributed by atoms with Gasteiger partial charge in [0.1, 0.15) is 17.4 Å². The Kier molecular flexibility index (Phi) is 3.69. The van der Waals surface area contributed by atoms with Crippen LogP contribution in [0.25, 0.3) is 0 Å². The molecule has 0 aliphatic rings. The lowest BCUT2D eigenvalue weighted by atomic mass is 10.1. The number of phenols is 1. The number of hydrogen-bond acceptors (Lipinski definition) is 4. The second-order valence-corrected chi connectivity index (χ2v) is 3.60.